The van der Waals surface area contributed by atoms with Gasteiger partial charge in [-0.25, -0.2) is 3.63 Å². The number of hydrogen-bond acceptors (Lipinski definition) is 4. The van der Waals surface area contributed by atoms with E-state index in [9.17, 15) is 52.7 Å². The van der Waals surface area contributed by atoms with E-state index < -0.39 is 60.5 Å². The fraction of sp³-hybridized carbons (Fsp3) is 0.944. The molecule has 0 heterocycles. The first-order valence-electron chi connectivity index (χ1n) is 10.2. The molecule has 0 aromatic rings. The third-order valence-corrected chi connectivity index (χ3v) is 11.1. The molecule has 1 unspecified atom stereocenters. The van der Waals surface area contributed by atoms with Gasteiger partial charge in [0, 0.05) is 11.7 Å². The summed E-state index contributed by atoms with van der Waals surface area (Å²) < 4.78 is 148. The van der Waals surface area contributed by atoms with Crippen molar-refractivity contribution in [3.8, 4) is 0 Å². The fourth-order valence-corrected chi connectivity index (χ4v) is 8.90. The highest BCUT2D eigenvalue weighted by molar-refractivity contribution is 8.33. The summed E-state index contributed by atoms with van der Waals surface area (Å²) in [6, 6.07) is 0. The fourth-order valence-electron chi connectivity index (χ4n) is 3.49. The standard InChI is InChI=1S/C18H27F9O4S2/c1-3-4-6-9-13(28)12-32(2,14-10-7-5-8-11-14)31-33(29,30)18(26,27)16(21,22)15(19,20)17(23,24)25/h14H,3-12H2,1-2H3. The van der Waals surface area contributed by atoms with Crippen LogP contribution in [0.25, 0.3) is 0 Å². The van der Waals surface area contributed by atoms with Gasteiger partial charge >= 0.3 is 33.4 Å². The summed E-state index contributed by atoms with van der Waals surface area (Å²) in [5.74, 6) is -16.1. The van der Waals surface area contributed by atoms with E-state index in [4.69, 9.17) is 0 Å². The van der Waals surface area contributed by atoms with Crippen LogP contribution < -0.4 is 0 Å². The summed E-state index contributed by atoms with van der Waals surface area (Å²) in [5, 5.41) is -7.74. The molecule has 0 spiro atoms. The number of Topliss-reactive ketones (excluding diaryl/α,β-unsaturated/α-hetero) is 1. The Morgan fingerprint density at radius 2 is 1.39 bits per heavy atom. The Morgan fingerprint density at radius 3 is 1.85 bits per heavy atom. The molecule has 1 rings (SSSR count). The zero-order chi connectivity index (χ0) is 25.9. The molecular formula is C18H27F9O4S2. The Labute approximate surface area is 188 Å². The van der Waals surface area contributed by atoms with Crippen LogP contribution in [0, 0.1) is 0 Å². The van der Waals surface area contributed by atoms with Crippen molar-refractivity contribution >= 4 is 26.2 Å². The highest BCUT2D eigenvalue weighted by Crippen LogP contribution is 2.61. The summed E-state index contributed by atoms with van der Waals surface area (Å²) in [4.78, 5) is 12.3. The molecule has 0 radical (unpaired) electrons. The SMILES string of the molecule is CCCCCC(=O)CS(C)(OS(=O)(=O)C(F)(F)C(F)(F)C(F)(F)C(F)(F)F)C1CCCCC1. The van der Waals surface area contributed by atoms with Gasteiger partial charge in [0.15, 0.2) is 0 Å². The molecule has 198 valence electrons. The molecule has 1 atom stereocenters. The molecule has 33 heavy (non-hydrogen) atoms. The molecule has 15 heteroatoms. The number of hydrogen-bond donors (Lipinski definition) is 0. The Bertz CT molecular complexity index is 778. The number of carbonyl (C=O) groups is 1. The van der Waals surface area contributed by atoms with Crippen molar-refractivity contribution in [1.29, 1.82) is 0 Å². The summed E-state index contributed by atoms with van der Waals surface area (Å²) in [6.07, 6.45) is -2.47. The molecule has 0 aromatic heterocycles. The third kappa shape index (κ3) is 6.30. The van der Waals surface area contributed by atoms with Gasteiger partial charge in [-0.15, -0.1) is 10.3 Å². The topological polar surface area (TPSA) is 60.4 Å². The quantitative estimate of drug-likeness (QED) is 0.206. The van der Waals surface area contributed by atoms with Crippen LogP contribution in [-0.4, -0.2) is 54.7 Å². The molecule has 0 aliphatic heterocycles. The summed E-state index contributed by atoms with van der Waals surface area (Å²) in [7, 11) is -10.5. The lowest BCUT2D eigenvalue weighted by Crippen LogP contribution is -2.63. The van der Waals surface area contributed by atoms with Crippen molar-refractivity contribution < 1.29 is 56.4 Å². The van der Waals surface area contributed by atoms with E-state index in [-0.39, 0.29) is 19.3 Å². The van der Waals surface area contributed by atoms with E-state index in [1.54, 1.807) is 0 Å². The Balaban J connectivity index is 3.34. The van der Waals surface area contributed by atoms with Gasteiger partial charge in [-0.2, -0.15) is 47.9 Å². The maximum absolute atomic E-state index is 14.2. The van der Waals surface area contributed by atoms with Gasteiger partial charge in [-0.05, 0) is 25.5 Å². The van der Waals surface area contributed by atoms with Crippen LogP contribution in [0.2, 0.25) is 0 Å². The maximum Gasteiger partial charge on any atom is 0.460 e. The second-order valence-electron chi connectivity index (χ2n) is 8.16. The number of rotatable bonds is 12. The lowest BCUT2D eigenvalue weighted by atomic mass is 10.0. The van der Waals surface area contributed by atoms with Gasteiger partial charge < -0.3 is 0 Å². The summed E-state index contributed by atoms with van der Waals surface area (Å²) in [6.45, 7) is 1.83. The van der Waals surface area contributed by atoms with Crippen molar-refractivity contribution in [1.82, 2.24) is 0 Å². The second-order valence-corrected chi connectivity index (χ2v) is 13.2. The lowest BCUT2D eigenvalue weighted by Gasteiger charge is -2.44. The molecule has 1 saturated carbocycles. The average Bonchev–Trinajstić information content (AvgIpc) is 2.67. The third-order valence-electron chi connectivity index (χ3n) is 5.44. The Kier molecular flexibility index (Phi) is 9.66. The monoisotopic (exact) mass is 542 g/mol. The minimum absolute atomic E-state index is 0.0781. The van der Waals surface area contributed by atoms with Gasteiger partial charge in [0.25, 0.3) is 0 Å². The molecule has 1 aliphatic rings. The van der Waals surface area contributed by atoms with Crippen molar-refractivity contribution in [2.45, 2.75) is 93.2 Å². The molecule has 0 bridgehead atoms. The molecule has 0 aromatic carbocycles. The van der Waals surface area contributed by atoms with Crippen LogP contribution in [-0.2, 0) is 18.5 Å². The number of carbonyl (C=O) groups excluding carboxylic acids is 1. The summed E-state index contributed by atoms with van der Waals surface area (Å²) >= 11 is 0. The van der Waals surface area contributed by atoms with E-state index in [1.165, 1.54) is 0 Å². The Hall–Kier alpha value is -0.700. The molecule has 0 amide bonds. The number of ketones is 1. The van der Waals surface area contributed by atoms with Gasteiger partial charge in [0.1, 0.15) is 5.78 Å². The normalized spacial score (nSPS) is 20.3. The Morgan fingerprint density at radius 1 is 0.879 bits per heavy atom. The minimum atomic E-state index is -7.37. The van der Waals surface area contributed by atoms with Gasteiger partial charge in [-0.1, -0.05) is 39.0 Å². The van der Waals surface area contributed by atoms with E-state index in [0.717, 1.165) is 12.7 Å². The van der Waals surface area contributed by atoms with Crippen LogP contribution in [0.1, 0.15) is 64.7 Å². The first-order chi connectivity index (χ1) is 14.8. The average molecular weight is 543 g/mol. The number of alkyl halides is 9. The van der Waals surface area contributed by atoms with Crippen LogP contribution >= 0.6 is 10.3 Å². The second kappa shape index (κ2) is 10.5. The van der Waals surface area contributed by atoms with Crippen molar-refractivity contribution in [3.05, 3.63) is 0 Å². The minimum Gasteiger partial charge on any atom is -0.299 e. The molecular weight excluding hydrogens is 515 g/mol. The molecule has 0 saturated heterocycles. The van der Waals surface area contributed by atoms with Crippen molar-refractivity contribution in [2.75, 3.05) is 12.0 Å². The van der Waals surface area contributed by atoms with Gasteiger partial charge in [0.05, 0.1) is 5.75 Å². The largest absolute Gasteiger partial charge is 0.460 e. The maximum atomic E-state index is 14.2. The van der Waals surface area contributed by atoms with Crippen molar-refractivity contribution in [3.63, 3.8) is 0 Å². The first-order valence-corrected chi connectivity index (χ1v) is 13.8. The first kappa shape index (κ1) is 30.3. The number of unbranched alkanes of at least 4 members (excludes halogenated alkanes) is 2. The van der Waals surface area contributed by atoms with Gasteiger partial charge in [-0.3, -0.25) is 4.79 Å². The van der Waals surface area contributed by atoms with Crippen LogP contribution in [0.4, 0.5) is 39.5 Å². The van der Waals surface area contributed by atoms with Crippen LogP contribution in [0.5, 0.6) is 0 Å². The van der Waals surface area contributed by atoms with Crippen LogP contribution in [0.3, 0.4) is 0 Å². The molecule has 1 aliphatic carbocycles. The summed E-state index contributed by atoms with van der Waals surface area (Å²) in [5.41, 5.74) is 0. The van der Waals surface area contributed by atoms with E-state index >= 15 is 0 Å². The van der Waals surface area contributed by atoms with Gasteiger partial charge in [0.2, 0.25) is 0 Å². The van der Waals surface area contributed by atoms with Crippen LogP contribution in [0.15, 0.2) is 0 Å². The van der Waals surface area contributed by atoms with E-state index in [2.05, 4.69) is 3.63 Å². The highest BCUT2D eigenvalue weighted by atomic mass is 32.3. The molecule has 1 fully saturated rings. The van der Waals surface area contributed by atoms with E-state index in [1.807, 2.05) is 6.92 Å². The highest BCUT2D eigenvalue weighted by Gasteiger charge is 2.86. The zero-order valence-corrected chi connectivity index (χ0v) is 19.6. The number of halogens is 9. The molecule has 0 N–H and O–H groups in total. The van der Waals surface area contributed by atoms with E-state index in [0.29, 0.717) is 32.1 Å². The molecule has 4 nitrogen and oxygen atoms in total. The predicted octanol–water partition coefficient (Wildman–Crippen LogP) is 6.59. The predicted molar refractivity (Wildman–Crippen MR) is 105 cm³/mol. The smallest absolute Gasteiger partial charge is 0.299 e. The lowest BCUT2D eigenvalue weighted by molar-refractivity contribution is -0.382. The van der Waals surface area contributed by atoms with Crippen molar-refractivity contribution in [2.24, 2.45) is 0 Å². The zero-order valence-electron chi connectivity index (χ0n) is 18.0.